The molecule has 0 atom stereocenters. The van der Waals surface area contributed by atoms with E-state index in [0.29, 0.717) is 0 Å². The van der Waals surface area contributed by atoms with Gasteiger partial charge in [-0.15, -0.1) is 0 Å². The predicted octanol–water partition coefficient (Wildman–Crippen LogP) is -3.80. The Morgan fingerprint density at radius 3 is 0.875 bits per heavy atom. The fourth-order valence-electron chi connectivity index (χ4n) is 0. The summed E-state index contributed by atoms with van der Waals surface area (Å²) in [5.74, 6) is 0. The Morgan fingerprint density at radius 2 is 0.875 bits per heavy atom. The van der Waals surface area contributed by atoms with Gasteiger partial charge in [0.25, 0.3) is 0 Å². The van der Waals surface area contributed by atoms with Crippen molar-refractivity contribution in [2.24, 2.45) is 0 Å². The van der Waals surface area contributed by atoms with Gasteiger partial charge in [-0.05, 0) is 0 Å². The molecule has 0 rings (SSSR count). The van der Waals surface area contributed by atoms with Crippen molar-refractivity contribution in [2.45, 2.75) is 0 Å². The SMILES string of the molecule is O[Si](O)(O)O.[AlH3].[Cr].[Ti]. The van der Waals surface area contributed by atoms with Crippen LogP contribution in [0.3, 0.4) is 0 Å². The maximum atomic E-state index is 7.33. The first-order chi connectivity index (χ1) is 2.00. The van der Waals surface area contributed by atoms with Crippen LogP contribution in [-0.2, 0) is 39.1 Å². The third kappa shape index (κ3) is 109. The van der Waals surface area contributed by atoms with E-state index < -0.39 is 9.05 Å². The van der Waals surface area contributed by atoms with Crippen molar-refractivity contribution >= 4 is 26.4 Å². The van der Waals surface area contributed by atoms with Crippen LogP contribution < -0.4 is 0 Å². The molecule has 0 amide bonds. The predicted molar refractivity (Wildman–Crippen MR) is 24.6 cm³/mol. The van der Waals surface area contributed by atoms with Gasteiger partial charge < -0.3 is 19.2 Å². The molecular weight excluding hydrogens is 219 g/mol. The molecule has 0 bridgehead atoms. The molecule has 0 saturated carbocycles. The van der Waals surface area contributed by atoms with E-state index in [1.807, 2.05) is 0 Å². The maximum absolute atomic E-state index is 7.33. The van der Waals surface area contributed by atoms with Crippen LogP contribution in [0, 0.1) is 0 Å². The Balaban J connectivity index is -0.0000000267. The average molecular weight is 226 g/mol. The van der Waals surface area contributed by atoms with Crippen LogP contribution in [0.25, 0.3) is 0 Å². The van der Waals surface area contributed by atoms with Crippen molar-refractivity contribution in [3.05, 3.63) is 0 Å². The molecule has 0 radical (unpaired) electrons. The van der Waals surface area contributed by atoms with Gasteiger partial charge in [-0.1, -0.05) is 0 Å². The minimum absolute atomic E-state index is 0. The van der Waals surface area contributed by atoms with E-state index in [-0.39, 0.29) is 56.4 Å². The molecule has 48 valence electrons. The second kappa shape index (κ2) is 8.84. The summed E-state index contributed by atoms with van der Waals surface area (Å²) in [5, 5.41) is 0. The van der Waals surface area contributed by atoms with Crippen LogP contribution in [-0.4, -0.2) is 45.6 Å². The average Bonchev–Trinajstić information content (AvgIpc) is 0.722. The molecule has 0 heterocycles. The first-order valence-corrected chi connectivity index (χ1v) is 2.68. The molecule has 4 nitrogen and oxygen atoms in total. The molecule has 0 aliphatic heterocycles. The molecule has 0 aromatic carbocycles. The van der Waals surface area contributed by atoms with Crippen molar-refractivity contribution in [3.63, 3.8) is 0 Å². The fraction of sp³-hybridized carbons (Fsp3) is 0. The van der Waals surface area contributed by atoms with Crippen molar-refractivity contribution < 1.29 is 58.3 Å². The van der Waals surface area contributed by atoms with Gasteiger partial charge in [0.05, 0.1) is 0 Å². The molecule has 0 aliphatic rings. The van der Waals surface area contributed by atoms with E-state index in [1.165, 1.54) is 0 Å². The Kier molecular flexibility index (Phi) is 24.9. The molecule has 0 aromatic heterocycles. The topological polar surface area (TPSA) is 80.9 Å². The quantitative estimate of drug-likeness (QED) is 0.319. The van der Waals surface area contributed by atoms with Gasteiger partial charge in [-0.2, -0.15) is 0 Å². The summed E-state index contributed by atoms with van der Waals surface area (Å²) < 4.78 is 0. The summed E-state index contributed by atoms with van der Waals surface area (Å²) >= 11 is 0. The van der Waals surface area contributed by atoms with E-state index in [1.54, 1.807) is 0 Å². The maximum Gasteiger partial charge on any atom is 0.668 e. The number of hydrogen-bond acceptors (Lipinski definition) is 4. The Morgan fingerprint density at radius 1 is 0.875 bits per heavy atom. The Labute approximate surface area is 84.2 Å². The standard InChI is InChI=1S/Al.Cr.H4O4Si.Ti.3H/c;;1-5(2,3)4;;;;/h;;1-4H;;;;. The van der Waals surface area contributed by atoms with E-state index in [2.05, 4.69) is 0 Å². The number of rotatable bonds is 0. The first kappa shape index (κ1) is 22.5. The van der Waals surface area contributed by atoms with Crippen LogP contribution in [0.15, 0.2) is 0 Å². The Hall–Kier alpha value is 1.84. The zero-order valence-corrected chi connectivity index (χ0v) is 7.03. The Bertz CT molecular complexity index is 31.5. The molecule has 8 heavy (non-hydrogen) atoms. The second-order valence-corrected chi connectivity index (χ2v) is 1.80. The fourth-order valence-corrected chi connectivity index (χ4v) is 0. The van der Waals surface area contributed by atoms with E-state index >= 15 is 0 Å². The molecule has 0 fully saturated rings. The molecule has 0 unspecified atom stereocenters. The smallest absolute Gasteiger partial charge is 0.368 e. The minimum Gasteiger partial charge on any atom is -0.368 e. The summed E-state index contributed by atoms with van der Waals surface area (Å²) in [7, 11) is -4.61. The zero-order chi connectivity index (χ0) is 4.50. The number of hydrogen-bond donors (Lipinski definition) is 4. The zero-order valence-electron chi connectivity index (χ0n) is 3.20. The molecule has 4 N–H and O–H groups in total. The molecule has 8 heteroatoms. The van der Waals surface area contributed by atoms with Crippen LogP contribution in [0.4, 0.5) is 0 Å². The summed E-state index contributed by atoms with van der Waals surface area (Å²) in [4.78, 5) is 29.3. The summed E-state index contributed by atoms with van der Waals surface area (Å²) in [6.07, 6.45) is 0. The van der Waals surface area contributed by atoms with Crippen molar-refractivity contribution in [1.82, 2.24) is 0 Å². The van der Waals surface area contributed by atoms with Crippen LogP contribution in [0.5, 0.6) is 0 Å². The molecular formula is H7AlCrO4SiTi. The van der Waals surface area contributed by atoms with Gasteiger partial charge in [0.2, 0.25) is 0 Å². The summed E-state index contributed by atoms with van der Waals surface area (Å²) in [6, 6.07) is 0. The van der Waals surface area contributed by atoms with Crippen molar-refractivity contribution in [2.75, 3.05) is 0 Å². The monoisotopic (exact) mass is 226 g/mol. The molecule has 0 spiro atoms. The third-order valence-corrected chi connectivity index (χ3v) is 0. The van der Waals surface area contributed by atoms with Gasteiger partial charge in [0.1, 0.15) is 0 Å². The minimum atomic E-state index is -4.61. The van der Waals surface area contributed by atoms with E-state index in [9.17, 15) is 0 Å². The van der Waals surface area contributed by atoms with Gasteiger partial charge >= 0.3 is 9.05 Å². The van der Waals surface area contributed by atoms with E-state index in [4.69, 9.17) is 19.2 Å². The largest absolute Gasteiger partial charge is 0.668 e. The summed E-state index contributed by atoms with van der Waals surface area (Å²) in [6.45, 7) is 0. The van der Waals surface area contributed by atoms with Gasteiger partial charge in [-0.25, -0.2) is 0 Å². The summed E-state index contributed by atoms with van der Waals surface area (Å²) in [5.41, 5.74) is 0. The van der Waals surface area contributed by atoms with Gasteiger partial charge in [0.15, 0.2) is 17.4 Å². The normalized spacial score (nSPS) is 7.50. The third-order valence-electron chi connectivity index (χ3n) is 0. The first-order valence-electron chi connectivity index (χ1n) is 0.894. The van der Waals surface area contributed by atoms with Gasteiger partial charge in [-0.3, -0.25) is 0 Å². The van der Waals surface area contributed by atoms with Crippen molar-refractivity contribution in [3.8, 4) is 0 Å². The van der Waals surface area contributed by atoms with Crippen LogP contribution in [0.1, 0.15) is 0 Å². The van der Waals surface area contributed by atoms with Crippen LogP contribution >= 0.6 is 0 Å². The molecule has 0 aromatic rings. The van der Waals surface area contributed by atoms with Crippen molar-refractivity contribution in [1.29, 1.82) is 0 Å². The van der Waals surface area contributed by atoms with E-state index in [0.717, 1.165) is 0 Å². The molecule has 0 aliphatic carbocycles. The van der Waals surface area contributed by atoms with Gasteiger partial charge in [0, 0.05) is 39.1 Å². The molecule has 0 saturated heterocycles. The van der Waals surface area contributed by atoms with Crippen LogP contribution in [0.2, 0.25) is 0 Å². The second-order valence-electron chi connectivity index (χ2n) is 0.600.